The van der Waals surface area contributed by atoms with Crippen molar-refractivity contribution in [2.45, 2.75) is 44.0 Å². The average molecular weight is 395 g/mol. The number of morpholine rings is 1. The Bertz CT molecular complexity index is 998. The molecule has 7 nitrogen and oxygen atoms in total. The third-order valence-electron chi connectivity index (χ3n) is 7.06. The van der Waals surface area contributed by atoms with Crippen LogP contribution >= 0.6 is 0 Å². The first-order valence-corrected chi connectivity index (χ1v) is 10.6. The van der Waals surface area contributed by atoms with Gasteiger partial charge in [-0.25, -0.2) is 0 Å². The Hall–Kier alpha value is -2.38. The maximum absolute atomic E-state index is 13.2. The summed E-state index contributed by atoms with van der Waals surface area (Å²) in [5, 5.41) is 0. The van der Waals surface area contributed by atoms with Gasteiger partial charge >= 0.3 is 0 Å². The molecule has 152 valence electrons. The highest BCUT2D eigenvalue weighted by atomic mass is 16.5. The van der Waals surface area contributed by atoms with Gasteiger partial charge in [-0.2, -0.15) is 0 Å². The quantitative estimate of drug-likeness (QED) is 0.791. The predicted octanol–water partition coefficient (Wildman–Crippen LogP) is 1.67. The summed E-state index contributed by atoms with van der Waals surface area (Å²) in [5.41, 5.74) is 2.46. The van der Waals surface area contributed by atoms with Crippen LogP contribution in [0.3, 0.4) is 0 Å². The fourth-order valence-electron chi connectivity index (χ4n) is 5.78. The van der Waals surface area contributed by atoms with Gasteiger partial charge in [0.1, 0.15) is 5.56 Å². The SMILES string of the molecule is O=C(c1ccc2n(c1=O)C[C@H]1C[C@@H]2CN(Cc2ccoc2)C1)N1C[C@H]2C[C@@H]1CO2. The van der Waals surface area contributed by atoms with E-state index < -0.39 is 0 Å². The molecule has 6 rings (SSSR count). The molecule has 1 amide bonds. The third-order valence-corrected chi connectivity index (χ3v) is 7.06. The standard InChI is InChI=1S/C22H25N3O4/c26-21(24-11-18-6-17(24)13-29-18)19-1-2-20-16-5-15(9-25(20)22(19)27)8-23(10-16)7-14-3-4-28-12-14/h1-4,12,15-18H,5-11,13H2/t15-,16+,17+,18+/m0/s1. The molecule has 0 spiro atoms. The van der Waals surface area contributed by atoms with E-state index in [-0.39, 0.29) is 23.6 Å². The second-order valence-corrected chi connectivity index (χ2v) is 9.01. The Morgan fingerprint density at radius 1 is 1.10 bits per heavy atom. The number of hydrogen-bond acceptors (Lipinski definition) is 5. The number of ether oxygens (including phenoxy) is 1. The molecule has 0 unspecified atom stereocenters. The van der Waals surface area contributed by atoms with Crippen LogP contribution in [-0.2, 0) is 17.8 Å². The molecule has 0 radical (unpaired) electrons. The van der Waals surface area contributed by atoms with E-state index in [1.54, 1.807) is 18.6 Å². The zero-order chi connectivity index (χ0) is 19.5. The van der Waals surface area contributed by atoms with E-state index in [0.717, 1.165) is 38.2 Å². The van der Waals surface area contributed by atoms with E-state index in [1.165, 1.54) is 5.56 Å². The summed E-state index contributed by atoms with van der Waals surface area (Å²) in [7, 11) is 0. The molecule has 0 aromatic carbocycles. The number of aromatic nitrogens is 1. The van der Waals surface area contributed by atoms with Crippen molar-refractivity contribution < 1.29 is 13.9 Å². The number of likely N-dealkylation sites (tertiary alicyclic amines) is 2. The zero-order valence-electron chi connectivity index (χ0n) is 16.3. The van der Waals surface area contributed by atoms with Gasteiger partial charge in [0.15, 0.2) is 0 Å². The maximum Gasteiger partial charge on any atom is 0.263 e. The molecule has 3 fully saturated rings. The van der Waals surface area contributed by atoms with Crippen LogP contribution in [0.15, 0.2) is 39.9 Å². The molecular formula is C22H25N3O4. The highest BCUT2D eigenvalue weighted by molar-refractivity contribution is 5.94. The molecule has 0 saturated carbocycles. The van der Waals surface area contributed by atoms with Crippen molar-refractivity contribution in [2.75, 3.05) is 26.2 Å². The number of pyridine rings is 1. The van der Waals surface area contributed by atoms with Crippen molar-refractivity contribution in [2.24, 2.45) is 5.92 Å². The fraction of sp³-hybridized carbons (Fsp3) is 0.545. The van der Waals surface area contributed by atoms with E-state index in [9.17, 15) is 9.59 Å². The van der Waals surface area contributed by atoms with Crippen molar-refractivity contribution in [1.29, 1.82) is 0 Å². The monoisotopic (exact) mass is 395 g/mol. The van der Waals surface area contributed by atoms with E-state index in [4.69, 9.17) is 9.15 Å². The molecule has 4 aliphatic rings. The average Bonchev–Trinajstić information content (AvgIpc) is 3.47. The van der Waals surface area contributed by atoms with Crippen molar-refractivity contribution in [3.05, 3.63) is 57.9 Å². The van der Waals surface area contributed by atoms with Crippen molar-refractivity contribution >= 4 is 5.91 Å². The molecule has 29 heavy (non-hydrogen) atoms. The minimum Gasteiger partial charge on any atom is -0.472 e. The number of piperidine rings is 1. The summed E-state index contributed by atoms with van der Waals surface area (Å²) in [5.74, 6) is 0.647. The van der Waals surface area contributed by atoms with Crippen LogP contribution in [0.1, 0.15) is 40.4 Å². The highest BCUT2D eigenvalue weighted by Gasteiger charge is 2.43. The van der Waals surface area contributed by atoms with Crippen LogP contribution in [0.4, 0.5) is 0 Å². The van der Waals surface area contributed by atoms with Crippen LogP contribution in [0.5, 0.6) is 0 Å². The Labute approximate surface area is 168 Å². The number of carbonyl (C=O) groups excluding carboxylic acids is 1. The van der Waals surface area contributed by atoms with Gasteiger partial charge in [0, 0.05) is 49.9 Å². The highest BCUT2D eigenvalue weighted by Crippen LogP contribution is 2.36. The van der Waals surface area contributed by atoms with Gasteiger partial charge in [0.25, 0.3) is 11.5 Å². The zero-order valence-corrected chi connectivity index (χ0v) is 16.3. The Balaban J connectivity index is 1.26. The van der Waals surface area contributed by atoms with E-state index in [0.29, 0.717) is 37.1 Å². The second-order valence-electron chi connectivity index (χ2n) is 9.01. The minimum absolute atomic E-state index is 0.117. The van der Waals surface area contributed by atoms with Gasteiger partial charge in [0.05, 0.1) is 31.3 Å². The van der Waals surface area contributed by atoms with Crippen LogP contribution in [0, 0.1) is 5.92 Å². The largest absolute Gasteiger partial charge is 0.472 e. The van der Waals surface area contributed by atoms with Gasteiger partial charge < -0.3 is 18.6 Å². The lowest BCUT2D eigenvalue weighted by Crippen LogP contribution is -2.48. The fourth-order valence-corrected chi connectivity index (χ4v) is 5.78. The predicted molar refractivity (Wildman–Crippen MR) is 105 cm³/mol. The van der Waals surface area contributed by atoms with Gasteiger partial charge in [-0.15, -0.1) is 0 Å². The number of furan rings is 1. The smallest absolute Gasteiger partial charge is 0.263 e. The van der Waals surface area contributed by atoms with Crippen LogP contribution < -0.4 is 5.56 Å². The second kappa shape index (κ2) is 6.57. The maximum atomic E-state index is 13.2. The van der Waals surface area contributed by atoms with Crippen molar-refractivity contribution in [3.8, 4) is 0 Å². The molecule has 3 saturated heterocycles. The number of amides is 1. The molecule has 4 aliphatic heterocycles. The summed E-state index contributed by atoms with van der Waals surface area (Å²) in [6, 6.07) is 5.92. The molecular weight excluding hydrogens is 370 g/mol. The molecule has 6 heterocycles. The molecule has 2 aromatic rings. The first-order valence-electron chi connectivity index (χ1n) is 10.6. The van der Waals surface area contributed by atoms with Crippen LogP contribution in [0.25, 0.3) is 0 Å². The van der Waals surface area contributed by atoms with Crippen molar-refractivity contribution in [1.82, 2.24) is 14.4 Å². The van der Waals surface area contributed by atoms with E-state index in [2.05, 4.69) is 4.90 Å². The molecule has 4 atom stereocenters. The third kappa shape index (κ3) is 2.87. The number of carbonyl (C=O) groups is 1. The Morgan fingerprint density at radius 2 is 2.03 bits per heavy atom. The number of hydrogen-bond donors (Lipinski definition) is 0. The first kappa shape index (κ1) is 17.5. The van der Waals surface area contributed by atoms with Gasteiger partial charge in [0.2, 0.25) is 0 Å². The van der Waals surface area contributed by atoms with E-state index in [1.807, 2.05) is 21.6 Å². The topological polar surface area (TPSA) is 67.9 Å². The van der Waals surface area contributed by atoms with Crippen LogP contribution in [0.2, 0.25) is 0 Å². The molecule has 2 aromatic heterocycles. The van der Waals surface area contributed by atoms with Crippen LogP contribution in [-0.4, -0.2) is 58.7 Å². The lowest BCUT2D eigenvalue weighted by molar-refractivity contribution is 0.0257. The molecule has 0 aliphatic carbocycles. The summed E-state index contributed by atoms with van der Waals surface area (Å²) >= 11 is 0. The van der Waals surface area contributed by atoms with Crippen molar-refractivity contribution in [3.63, 3.8) is 0 Å². The van der Waals surface area contributed by atoms with Gasteiger partial charge in [-0.05, 0) is 37.0 Å². The molecule has 4 bridgehead atoms. The summed E-state index contributed by atoms with van der Waals surface area (Å²) < 4.78 is 12.7. The first-order chi connectivity index (χ1) is 14.2. The lowest BCUT2D eigenvalue weighted by atomic mass is 9.83. The van der Waals surface area contributed by atoms with Gasteiger partial charge in [-0.3, -0.25) is 14.5 Å². The number of nitrogens with zero attached hydrogens (tertiary/aromatic N) is 3. The molecule has 0 N–H and O–H groups in total. The minimum atomic E-state index is -0.126. The Morgan fingerprint density at radius 3 is 2.79 bits per heavy atom. The Kier molecular flexibility index (Phi) is 3.96. The summed E-state index contributed by atoms with van der Waals surface area (Å²) in [6.07, 6.45) is 5.67. The van der Waals surface area contributed by atoms with E-state index >= 15 is 0 Å². The number of fused-ring (bicyclic) bond motifs is 6. The lowest BCUT2D eigenvalue weighted by Gasteiger charge is -2.43. The van der Waals surface area contributed by atoms with Gasteiger partial charge in [-0.1, -0.05) is 0 Å². The summed E-state index contributed by atoms with van der Waals surface area (Å²) in [6.45, 7) is 4.69. The molecule has 7 heteroatoms. The summed E-state index contributed by atoms with van der Waals surface area (Å²) in [4.78, 5) is 30.6. The number of rotatable bonds is 3. The normalized spacial score (nSPS) is 30.6.